The minimum Gasteiger partial charge on any atom is -0.356 e. The van der Waals surface area contributed by atoms with E-state index in [0.717, 1.165) is 61.9 Å². The summed E-state index contributed by atoms with van der Waals surface area (Å²) < 4.78 is 0. The van der Waals surface area contributed by atoms with Gasteiger partial charge in [0.05, 0.1) is 5.69 Å². The smallest absolute Gasteiger partial charge is 0.227 e. The molecule has 2 heterocycles. The topological polar surface area (TPSA) is 55.9 Å². The van der Waals surface area contributed by atoms with Crippen molar-refractivity contribution in [3.05, 3.63) is 24.3 Å². The minimum atomic E-state index is -0.0207. The van der Waals surface area contributed by atoms with Crippen LogP contribution in [0, 0.1) is 0 Å². The van der Waals surface area contributed by atoms with Crippen molar-refractivity contribution in [3.63, 3.8) is 0 Å². The molecule has 0 bridgehead atoms. The van der Waals surface area contributed by atoms with Gasteiger partial charge in [-0.25, -0.2) is 0 Å². The molecule has 2 amide bonds. The van der Waals surface area contributed by atoms with Crippen LogP contribution in [0.4, 0.5) is 5.69 Å². The van der Waals surface area contributed by atoms with Crippen molar-refractivity contribution in [1.29, 1.82) is 0 Å². The van der Waals surface area contributed by atoms with Gasteiger partial charge < -0.3 is 20.0 Å². The zero-order chi connectivity index (χ0) is 19.8. The second-order valence-corrected chi connectivity index (χ2v) is 8.70. The molecule has 0 aromatic heterocycles. The number of hydrogen-bond donors (Lipinski definition) is 1. The first kappa shape index (κ1) is 21.1. The fraction of sp³-hybridized carbons (Fsp3) is 0.619. The number of hydrogen-bond acceptors (Lipinski definition) is 5. The monoisotopic (exact) mass is 404 g/mol. The molecule has 0 radical (unpaired) electrons. The lowest BCUT2D eigenvalue weighted by Gasteiger charge is -2.32. The SMILES string of the molecule is CN1CCN(CCCCNC(=O)CCC(=O)N2CCSc3ccccc32)CC1. The second kappa shape index (κ2) is 10.8. The Morgan fingerprint density at radius 3 is 2.64 bits per heavy atom. The van der Waals surface area contributed by atoms with Crippen molar-refractivity contribution >= 4 is 29.3 Å². The van der Waals surface area contributed by atoms with E-state index in [9.17, 15) is 9.59 Å². The largest absolute Gasteiger partial charge is 0.356 e. The van der Waals surface area contributed by atoms with Crippen LogP contribution in [0.2, 0.25) is 0 Å². The van der Waals surface area contributed by atoms with E-state index in [1.165, 1.54) is 0 Å². The molecule has 0 unspecified atom stereocenters. The number of unbranched alkanes of at least 4 members (excludes halogenated alkanes) is 1. The molecule has 7 heteroatoms. The number of fused-ring (bicyclic) bond motifs is 1. The fourth-order valence-corrected chi connectivity index (χ4v) is 4.63. The highest BCUT2D eigenvalue weighted by Gasteiger charge is 2.22. The summed E-state index contributed by atoms with van der Waals surface area (Å²) in [7, 11) is 2.17. The summed E-state index contributed by atoms with van der Waals surface area (Å²) in [6, 6.07) is 7.99. The molecule has 0 saturated carbocycles. The lowest BCUT2D eigenvalue weighted by atomic mass is 10.2. The average Bonchev–Trinajstić information content (AvgIpc) is 2.72. The Kier molecular flexibility index (Phi) is 8.18. The fourth-order valence-electron chi connectivity index (χ4n) is 3.63. The van der Waals surface area contributed by atoms with Crippen LogP contribution in [-0.2, 0) is 9.59 Å². The van der Waals surface area contributed by atoms with Crippen LogP contribution in [-0.4, -0.2) is 80.2 Å². The summed E-state index contributed by atoms with van der Waals surface area (Å²) in [4.78, 5) is 32.5. The predicted octanol–water partition coefficient (Wildman–Crippen LogP) is 2.05. The number of piperazine rings is 1. The first-order valence-electron chi connectivity index (χ1n) is 10.3. The normalized spacial score (nSPS) is 18.0. The van der Waals surface area contributed by atoms with Crippen molar-refractivity contribution in [2.24, 2.45) is 0 Å². The van der Waals surface area contributed by atoms with E-state index in [2.05, 4.69) is 22.2 Å². The molecular formula is C21H32N4O2S. The molecule has 0 aliphatic carbocycles. The number of nitrogens with zero attached hydrogens (tertiary/aromatic N) is 3. The van der Waals surface area contributed by atoms with E-state index < -0.39 is 0 Å². The van der Waals surface area contributed by atoms with Crippen molar-refractivity contribution in [2.75, 3.05) is 63.5 Å². The van der Waals surface area contributed by atoms with E-state index in [0.29, 0.717) is 13.1 Å². The standard InChI is InChI=1S/C21H32N4O2S/c1-23-12-14-24(15-13-23)11-5-4-10-22-20(26)8-9-21(27)25-16-17-28-19-7-3-2-6-18(19)25/h2-3,6-7H,4-5,8-17H2,1H3,(H,22,26). The number of nitrogens with one attached hydrogen (secondary N) is 1. The zero-order valence-electron chi connectivity index (χ0n) is 16.9. The second-order valence-electron chi connectivity index (χ2n) is 7.56. The first-order valence-corrected chi connectivity index (χ1v) is 11.3. The minimum absolute atomic E-state index is 0.0207. The van der Waals surface area contributed by atoms with Gasteiger partial charge >= 0.3 is 0 Å². The quantitative estimate of drug-likeness (QED) is 0.672. The maximum absolute atomic E-state index is 12.6. The third kappa shape index (κ3) is 6.22. The number of para-hydroxylation sites is 1. The third-order valence-corrected chi connectivity index (χ3v) is 6.46. The Bertz CT molecular complexity index is 662. The van der Waals surface area contributed by atoms with E-state index in [4.69, 9.17) is 0 Å². The van der Waals surface area contributed by atoms with Gasteiger partial charge in [-0.15, -0.1) is 11.8 Å². The molecule has 3 rings (SSSR count). The number of carbonyl (C=O) groups excluding carboxylic acids is 2. The lowest BCUT2D eigenvalue weighted by molar-refractivity contribution is -0.125. The number of thioether (sulfide) groups is 1. The van der Waals surface area contributed by atoms with E-state index >= 15 is 0 Å². The van der Waals surface area contributed by atoms with Crippen LogP contribution in [0.3, 0.4) is 0 Å². The van der Waals surface area contributed by atoms with E-state index in [1.807, 2.05) is 29.2 Å². The van der Waals surface area contributed by atoms with Crippen molar-refractivity contribution < 1.29 is 9.59 Å². The summed E-state index contributed by atoms with van der Waals surface area (Å²) in [6.07, 6.45) is 2.63. The summed E-state index contributed by atoms with van der Waals surface area (Å²) >= 11 is 1.78. The summed E-state index contributed by atoms with van der Waals surface area (Å²) in [5, 5.41) is 2.96. The van der Waals surface area contributed by atoms with Gasteiger partial charge in [0.25, 0.3) is 0 Å². The molecular weight excluding hydrogens is 372 g/mol. The molecule has 2 aliphatic rings. The number of anilines is 1. The van der Waals surface area contributed by atoms with Gasteiger partial charge in [-0.2, -0.15) is 0 Å². The molecule has 2 aliphatic heterocycles. The van der Waals surface area contributed by atoms with Gasteiger partial charge in [0, 0.05) is 62.8 Å². The molecule has 1 saturated heterocycles. The molecule has 1 aromatic rings. The van der Waals surface area contributed by atoms with Crippen molar-refractivity contribution in [2.45, 2.75) is 30.6 Å². The van der Waals surface area contributed by atoms with Gasteiger partial charge in [-0.1, -0.05) is 12.1 Å². The van der Waals surface area contributed by atoms with Crippen LogP contribution >= 0.6 is 11.8 Å². The Morgan fingerprint density at radius 2 is 1.82 bits per heavy atom. The molecule has 0 spiro atoms. The maximum Gasteiger partial charge on any atom is 0.227 e. The summed E-state index contributed by atoms with van der Waals surface area (Å²) in [5.41, 5.74) is 0.980. The Morgan fingerprint density at radius 1 is 1.04 bits per heavy atom. The first-order chi connectivity index (χ1) is 13.6. The number of rotatable bonds is 8. The number of carbonyl (C=O) groups is 2. The third-order valence-electron chi connectivity index (χ3n) is 5.41. The molecule has 0 atom stereocenters. The highest BCUT2D eigenvalue weighted by Crippen LogP contribution is 2.34. The molecule has 6 nitrogen and oxygen atoms in total. The Labute approximate surface area is 172 Å². The van der Waals surface area contributed by atoms with Crippen LogP contribution in [0.25, 0.3) is 0 Å². The number of amides is 2. The molecule has 1 aromatic carbocycles. The van der Waals surface area contributed by atoms with Crippen LogP contribution < -0.4 is 10.2 Å². The summed E-state index contributed by atoms with van der Waals surface area (Å²) in [5.74, 6) is 0.924. The van der Waals surface area contributed by atoms with Crippen molar-refractivity contribution in [3.8, 4) is 0 Å². The van der Waals surface area contributed by atoms with Crippen LogP contribution in [0.5, 0.6) is 0 Å². The van der Waals surface area contributed by atoms with Crippen LogP contribution in [0.15, 0.2) is 29.2 Å². The number of likely N-dealkylation sites (N-methyl/N-ethyl adjacent to an activating group) is 1. The lowest BCUT2D eigenvalue weighted by Crippen LogP contribution is -2.44. The van der Waals surface area contributed by atoms with E-state index in [1.54, 1.807) is 11.8 Å². The van der Waals surface area contributed by atoms with Gasteiger partial charge in [0.2, 0.25) is 11.8 Å². The molecule has 1 N–H and O–H groups in total. The Hall–Kier alpha value is -1.57. The van der Waals surface area contributed by atoms with Crippen LogP contribution in [0.1, 0.15) is 25.7 Å². The van der Waals surface area contributed by atoms with Gasteiger partial charge in [-0.3, -0.25) is 9.59 Å². The highest BCUT2D eigenvalue weighted by atomic mass is 32.2. The van der Waals surface area contributed by atoms with Gasteiger partial charge in [-0.05, 0) is 38.6 Å². The van der Waals surface area contributed by atoms with E-state index in [-0.39, 0.29) is 24.7 Å². The van der Waals surface area contributed by atoms with Gasteiger partial charge in [0.15, 0.2) is 0 Å². The highest BCUT2D eigenvalue weighted by molar-refractivity contribution is 7.99. The molecule has 154 valence electrons. The summed E-state index contributed by atoms with van der Waals surface area (Å²) in [6.45, 7) is 7.09. The Balaban J connectivity index is 1.29. The van der Waals surface area contributed by atoms with Crippen molar-refractivity contribution in [1.82, 2.24) is 15.1 Å². The number of benzene rings is 1. The molecule has 28 heavy (non-hydrogen) atoms. The maximum atomic E-state index is 12.6. The van der Waals surface area contributed by atoms with Gasteiger partial charge in [0.1, 0.15) is 0 Å². The predicted molar refractivity (Wildman–Crippen MR) is 115 cm³/mol. The molecule has 1 fully saturated rings. The average molecular weight is 405 g/mol. The zero-order valence-corrected chi connectivity index (χ0v) is 17.7.